The summed E-state index contributed by atoms with van der Waals surface area (Å²) in [5, 5.41) is 8.50. The molecule has 5 rings (SSSR count). The molecule has 1 aliphatic rings. The normalized spacial score (nSPS) is 14.4. The Hall–Kier alpha value is -4.23. The van der Waals surface area contributed by atoms with Crippen molar-refractivity contribution in [3.8, 4) is 22.8 Å². The fourth-order valence-electron chi connectivity index (χ4n) is 4.57. The second-order valence-electron chi connectivity index (χ2n) is 9.58. The van der Waals surface area contributed by atoms with E-state index in [1.54, 1.807) is 4.90 Å². The summed E-state index contributed by atoms with van der Waals surface area (Å²) in [4.78, 5) is 23.3. The van der Waals surface area contributed by atoms with Gasteiger partial charge >= 0.3 is 6.36 Å². The highest BCUT2D eigenvalue weighted by atomic mass is 32.2. The van der Waals surface area contributed by atoms with Crippen LogP contribution in [0.15, 0.2) is 78.0 Å². The first kappa shape index (κ1) is 30.2. The summed E-state index contributed by atoms with van der Waals surface area (Å²) in [5.74, 6) is 0.479. The largest absolute Gasteiger partial charge is 0.573 e. The Labute approximate surface area is 256 Å². The number of benzene rings is 3. The number of amides is 1. The molecule has 0 aliphatic carbocycles. The van der Waals surface area contributed by atoms with Gasteiger partial charge in [-0.15, -0.1) is 18.3 Å². The lowest BCUT2D eigenvalue weighted by molar-refractivity contribution is -0.274. The van der Waals surface area contributed by atoms with Gasteiger partial charge in [0.05, 0.1) is 17.1 Å². The number of amidine groups is 1. The van der Waals surface area contributed by atoms with E-state index in [2.05, 4.69) is 32.1 Å². The Bertz CT molecular complexity index is 1650. The van der Waals surface area contributed by atoms with Gasteiger partial charge in [0.15, 0.2) is 16.1 Å². The van der Waals surface area contributed by atoms with Crippen molar-refractivity contribution in [3.63, 3.8) is 0 Å². The van der Waals surface area contributed by atoms with Gasteiger partial charge in [-0.2, -0.15) is 4.99 Å². The van der Waals surface area contributed by atoms with Gasteiger partial charge in [-0.3, -0.25) is 9.69 Å². The molecule has 222 valence electrons. The van der Waals surface area contributed by atoms with Gasteiger partial charge in [-0.1, -0.05) is 61.2 Å². The lowest BCUT2D eigenvalue weighted by atomic mass is 10.0. The lowest BCUT2D eigenvalue weighted by Crippen LogP contribution is -2.33. The van der Waals surface area contributed by atoms with E-state index < -0.39 is 6.36 Å². The van der Waals surface area contributed by atoms with Crippen LogP contribution >= 0.6 is 24.0 Å². The van der Waals surface area contributed by atoms with Crippen molar-refractivity contribution < 1.29 is 22.7 Å². The topological polar surface area (TPSA) is 84.6 Å². The van der Waals surface area contributed by atoms with Crippen molar-refractivity contribution in [2.45, 2.75) is 33.1 Å². The van der Waals surface area contributed by atoms with E-state index in [0.29, 0.717) is 40.5 Å². The maximum atomic E-state index is 12.8. The maximum absolute atomic E-state index is 12.8. The fraction of sp³-hybridized carbons (Fsp3) is 0.233. The number of rotatable bonds is 8. The summed E-state index contributed by atoms with van der Waals surface area (Å²) >= 11 is 6.85. The highest BCUT2D eigenvalue weighted by Gasteiger charge is 2.32. The minimum atomic E-state index is -4.75. The average molecular weight is 625 g/mol. The molecule has 1 amide bonds. The van der Waals surface area contributed by atoms with E-state index in [1.165, 1.54) is 47.0 Å². The zero-order valence-corrected chi connectivity index (χ0v) is 24.9. The monoisotopic (exact) mass is 624 g/mol. The molecule has 2 heterocycles. The number of hydrogen-bond donors (Lipinski definition) is 1. The summed E-state index contributed by atoms with van der Waals surface area (Å²) in [7, 11) is 0. The average Bonchev–Trinajstić information content (AvgIpc) is 3.60. The number of alkyl halides is 3. The summed E-state index contributed by atoms with van der Waals surface area (Å²) in [5.41, 5.74) is 5.38. The Balaban J connectivity index is 1.17. The van der Waals surface area contributed by atoms with Crippen molar-refractivity contribution >= 4 is 45.9 Å². The maximum Gasteiger partial charge on any atom is 0.573 e. The number of nitrogens with zero attached hydrogens (tertiary/aromatic N) is 5. The minimum absolute atomic E-state index is 0.0107. The van der Waals surface area contributed by atoms with Crippen LogP contribution in [0.25, 0.3) is 17.1 Å². The number of hydrogen-bond acceptors (Lipinski definition) is 6. The van der Waals surface area contributed by atoms with Crippen molar-refractivity contribution in [1.29, 1.82) is 0 Å². The zero-order chi connectivity index (χ0) is 30.6. The van der Waals surface area contributed by atoms with Crippen LogP contribution in [-0.4, -0.2) is 49.6 Å². The SMILES string of the molecule is CCc1cccc(C)c1N1C(=O)CS/C1=N\C(=S)NCCc1ccc(-c2ncn(-c3ccc(OC(F)(F)F)cc3)n2)cc1. The zero-order valence-electron chi connectivity index (χ0n) is 23.3. The quantitative estimate of drug-likeness (QED) is 0.232. The van der Waals surface area contributed by atoms with Crippen LogP contribution in [0.2, 0.25) is 0 Å². The third-order valence-corrected chi connectivity index (χ3v) is 7.78. The molecular formula is C30H27F3N6O2S2. The second kappa shape index (κ2) is 13.0. The molecule has 8 nitrogen and oxygen atoms in total. The summed E-state index contributed by atoms with van der Waals surface area (Å²) in [6, 6.07) is 19.1. The number of carbonyl (C=O) groups excluding carboxylic acids is 1. The van der Waals surface area contributed by atoms with Crippen molar-refractivity contribution in [3.05, 3.63) is 89.7 Å². The second-order valence-corrected chi connectivity index (χ2v) is 10.9. The fourth-order valence-corrected chi connectivity index (χ4v) is 5.68. The van der Waals surface area contributed by atoms with Gasteiger partial charge in [0.1, 0.15) is 12.1 Å². The number of carbonyl (C=O) groups is 1. The number of aromatic nitrogens is 3. The first-order chi connectivity index (χ1) is 20.6. The number of para-hydroxylation sites is 1. The van der Waals surface area contributed by atoms with Crippen LogP contribution < -0.4 is 15.0 Å². The minimum Gasteiger partial charge on any atom is -0.406 e. The molecule has 4 aromatic rings. The molecule has 3 aromatic carbocycles. The number of aryl methyl sites for hydroxylation is 2. The molecule has 1 fully saturated rings. The first-order valence-electron chi connectivity index (χ1n) is 13.4. The molecule has 43 heavy (non-hydrogen) atoms. The number of thioether (sulfide) groups is 1. The van der Waals surface area contributed by atoms with Gasteiger partial charge in [0.25, 0.3) is 0 Å². The summed E-state index contributed by atoms with van der Waals surface area (Å²) in [6.07, 6.45) is -1.76. The van der Waals surface area contributed by atoms with Gasteiger partial charge in [-0.25, -0.2) is 9.67 Å². The molecule has 0 spiro atoms. The predicted octanol–water partition coefficient (Wildman–Crippen LogP) is 6.26. The smallest absolute Gasteiger partial charge is 0.406 e. The Morgan fingerprint density at radius 1 is 1.12 bits per heavy atom. The molecule has 0 atom stereocenters. The predicted molar refractivity (Wildman–Crippen MR) is 166 cm³/mol. The van der Waals surface area contributed by atoms with E-state index in [4.69, 9.17) is 12.2 Å². The third-order valence-electron chi connectivity index (χ3n) is 6.62. The number of thiocarbonyl (C=S) groups is 1. The molecule has 0 bridgehead atoms. The Morgan fingerprint density at radius 3 is 2.56 bits per heavy atom. The molecule has 0 unspecified atom stereocenters. The lowest BCUT2D eigenvalue weighted by Gasteiger charge is -2.22. The van der Waals surface area contributed by atoms with Crippen LogP contribution in [0.4, 0.5) is 18.9 Å². The van der Waals surface area contributed by atoms with Gasteiger partial charge < -0.3 is 10.1 Å². The van der Waals surface area contributed by atoms with Crippen molar-refractivity contribution in [1.82, 2.24) is 20.1 Å². The molecule has 1 saturated heterocycles. The number of nitrogens with one attached hydrogen (secondary N) is 1. The van der Waals surface area contributed by atoms with E-state index in [-0.39, 0.29) is 11.7 Å². The summed E-state index contributed by atoms with van der Waals surface area (Å²) in [6.45, 7) is 4.61. The van der Waals surface area contributed by atoms with Gasteiger partial charge in [0.2, 0.25) is 5.91 Å². The molecular weight excluding hydrogens is 597 g/mol. The molecule has 0 saturated carbocycles. The van der Waals surface area contributed by atoms with E-state index >= 15 is 0 Å². The van der Waals surface area contributed by atoms with Gasteiger partial charge in [0, 0.05) is 12.1 Å². The van der Waals surface area contributed by atoms with Crippen LogP contribution in [0, 0.1) is 6.92 Å². The molecule has 1 aliphatic heterocycles. The molecule has 13 heteroatoms. The number of ether oxygens (including phenoxy) is 1. The number of aliphatic imine (C=N–C) groups is 1. The standard InChI is InChI=1S/C30H27F3N6O2S2/c1-3-21-6-4-5-19(2)26(21)39-25(40)17-43-29(39)36-28(42)34-16-15-20-7-9-22(10-8-20)27-35-18-38(37-27)23-11-13-24(14-12-23)41-30(31,32)33/h4-14,18H,3,15-17H2,1-2H3,(H,34,42)/b36-29-. The van der Waals surface area contributed by atoms with Crippen LogP contribution in [0.1, 0.15) is 23.6 Å². The number of halogens is 3. The van der Waals surface area contributed by atoms with Crippen molar-refractivity contribution in [2.75, 3.05) is 17.2 Å². The number of anilines is 1. The molecule has 0 radical (unpaired) electrons. The summed E-state index contributed by atoms with van der Waals surface area (Å²) < 4.78 is 42.6. The van der Waals surface area contributed by atoms with Gasteiger partial charge in [-0.05, 0) is 72.9 Å². The van der Waals surface area contributed by atoms with E-state index in [9.17, 15) is 18.0 Å². The third kappa shape index (κ3) is 7.41. The Morgan fingerprint density at radius 2 is 1.86 bits per heavy atom. The first-order valence-corrected chi connectivity index (χ1v) is 14.8. The molecule has 1 N–H and O–H groups in total. The van der Waals surface area contributed by atoms with Crippen LogP contribution in [-0.2, 0) is 17.6 Å². The molecule has 1 aromatic heterocycles. The highest BCUT2D eigenvalue weighted by molar-refractivity contribution is 8.15. The van der Waals surface area contributed by atoms with E-state index in [1.807, 2.05) is 49.4 Å². The Kier molecular flexibility index (Phi) is 9.11. The van der Waals surface area contributed by atoms with Crippen LogP contribution in [0.5, 0.6) is 5.75 Å². The van der Waals surface area contributed by atoms with Crippen molar-refractivity contribution in [2.24, 2.45) is 4.99 Å². The highest BCUT2D eigenvalue weighted by Crippen LogP contribution is 2.33. The van der Waals surface area contributed by atoms with Crippen LogP contribution in [0.3, 0.4) is 0 Å². The van der Waals surface area contributed by atoms with E-state index in [0.717, 1.165) is 34.4 Å².